The van der Waals surface area contributed by atoms with Gasteiger partial charge in [0.25, 0.3) is 0 Å². The van der Waals surface area contributed by atoms with Gasteiger partial charge in [0, 0.05) is 6.20 Å². The molecule has 2 aromatic heterocycles. The number of carbonyl (C=O) groups excluding carboxylic acids is 1. The molecular weight excluding hydrogens is 270 g/mol. The maximum absolute atomic E-state index is 12.8. The van der Waals surface area contributed by atoms with Crippen LogP contribution >= 0.6 is 11.5 Å². The summed E-state index contributed by atoms with van der Waals surface area (Å²) >= 11 is 1.23. The number of rotatable bonds is 4. The van der Waals surface area contributed by atoms with E-state index in [2.05, 4.69) is 27.6 Å². The Bertz CT molecular complexity index is 623. The molecule has 1 aliphatic rings. The predicted octanol–water partition coefficient (Wildman–Crippen LogP) is 3.19. The van der Waals surface area contributed by atoms with E-state index in [-0.39, 0.29) is 11.7 Å². The Labute approximate surface area is 122 Å². The molecule has 1 atom stereocenters. The lowest BCUT2D eigenvalue weighted by Crippen LogP contribution is -2.20. The van der Waals surface area contributed by atoms with Crippen molar-refractivity contribution < 1.29 is 4.79 Å². The van der Waals surface area contributed by atoms with Gasteiger partial charge in [0.2, 0.25) is 0 Å². The third-order valence-electron chi connectivity index (χ3n) is 3.78. The number of carbonyl (C=O) groups is 1. The summed E-state index contributed by atoms with van der Waals surface area (Å²) in [5, 5.41) is 4.11. The molecule has 2 aromatic rings. The van der Waals surface area contributed by atoms with Gasteiger partial charge in [-0.25, -0.2) is 0 Å². The second kappa shape index (κ2) is 5.79. The van der Waals surface area contributed by atoms with Crippen LogP contribution in [-0.2, 0) is 12.8 Å². The standard InChI is InChI=1S/C15H17N3OS/c1-2-5-12-15(20-18-17-12)14(19)11-8-3-6-10-7-4-9-16-13(10)11/h4,7,9,11H,2-3,5-6,8H2,1H3. The molecule has 3 rings (SSSR count). The number of nitrogens with zero attached hydrogens (tertiary/aromatic N) is 3. The average molecular weight is 287 g/mol. The molecule has 20 heavy (non-hydrogen) atoms. The Hall–Kier alpha value is -1.62. The van der Waals surface area contributed by atoms with E-state index < -0.39 is 0 Å². The quantitative estimate of drug-likeness (QED) is 0.810. The van der Waals surface area contributed by atoms with E-state index in [9.17, 15) is 4.79 Å². The second-order valence-electron chi connectivity index (χ2n) is 5.16. The van der Waals surface area contributed by atoms with Crippen LogP contribution in [0.25, 0.3) is 0 Å². The van der Waals surface area contributed by atoms with Crippen LogP contribution in [0.15, 0.2) is 18.3 Å². The fourth-order valence-corrected chi connectivity index (χ4v) is 3.52. The smallest absolute Gasteiger partial charge is 0.185 e. The van der Waals surface area contributed by atoms with E-state index in [1.54, 1.807) is 6.20 Å². The molecule has 104 valence electrons. The molecule has 0 aliphatic heterocycles. The lowest BCUT2D eigenvalue weighted by Gasteiger charge is -2.22. The topological polar surface area (TPSA) is 55.7 Å². The van der Waals surface area contributed by atoms with Crippen molar-refractivity contribution in [3.8, 4) is 0 Å². The molecule has 0 saturated heterocycles. The first-order valence-corrected chi connectivity index (χ1v) is 7.87. The van der Waals surface area contributed by atoms with Gasteiger partial charge in [-0.05, 0) is 48.8 Å². The minimum atomic E-state index is -0.113. The Balaban J connectivity index is 1.94. The van der Waals surface area contributed by atoms with E-state index in [4.69, 9.17) is 0 Å². The number of Topliss-reactive ketones (excluding diaryl/α,β-unsaturated/α-hetero) is 1. The fraction of sp³-hybridized carbons (Fsp3) is 0.467. The highest BCUT2D eigenvalue weighted by Gasteiger charge is 2.31. The van der Waals surface area contributed by atoms with Crippen LogP contribution < -0.4 is 0 Å². The van der Waals surface area contributed by atoms with Crippen molar-refractivity contribution in [2.24, 2.45) is 0 Å². The normalized spacial score (nSPS) is 17.8. The number of aryl methyl sites for hydroxylation is 2. The van der Waals surface area contributed by atoms with Crippen LogP contribution in [0.1, 0.15) is 58.7 Å². The summed E-state index contributed by atoms with van der Waals surface area (Å²) in [4.78, 5) is 18.0. The Morgan fingerprint density at radius 1 is 1.50 bits per heavy atom. The highest BCUT2D eigenvalue weighted by molar-refractivity contribution is 7.08. The lowest BCUT2D eigenvalue weighted by molar-refractivity contribution is 0.0952. The van der Waals surface area contributed by atoms with Gasteiger partial charge in [0.1, 0.15) is 4.88 Å². The number of hydrogen-bond donors (Lipinski definition) is 0. The summed E-state index contributed by atoms with van der Waals surface area (Å²) in [5.41, 5.74) is 3.02. The van der Waals surface area contributed by atoms with E-state index in [0.29, 0.717) is 0 Å². The van der Waals surface area contributed by atoms with Gasteiger partial charge in [-0.1, -0.05) is 23.9 Å². The van der Waals surface area contributed by atoms with Gasteiger partial charge in [0.05, 0.1) is 17.3 Å². The summed E-state index contributed by atoms with van der Waals surface area (Å²) in [7, 11) is 0. The average Bonchev–Trinajstić information content (AvgIpc) is 2.94. The third-order valence-corrected chi connectivity index (χ3v) is 4.56. The van der Waals surface area contributed by atoms with Crippen molar-refractivity contribution in [3.63, 3.8) is 0 Å². The minimum Gasteiger partial charge on any atom is -0.292 e. The summed E-state index contributed by atoms with van der Waals surface area (Å²) in [6.07, 6.45) is 6.53. The van der Waals surface area contributed by atoms with Crippen LogP contribution in [0.3, 0.4) is 0 Å². The third kappa shape index (κ3) is 2.38. The Morgan fingerprint density at radius 3 is 3.25 bits per heavy atom. The first-order chi connectivity index (χ1) is 9.81. The molecule has 0 fully saturated rings. The number of hydrogen-bond acceptors (Lipinski definition) is 5. The van der Waals surface area contributed by atoms with Crippen LogP contribution in [0.2, 0.25) is 0 Å². The van der Waals surface area contributed by atoms with Crippen LogP contribution in [0.5, 0.6) is 0 Å². The Kier molecular flexibility index (Phi) is 3.87. The highest BCUT2D eigenvalue weighted by atomic mass is 32.1. The highest BCUT2D eigenvalue weighted by Crippen LogP contribution is 2.33. The summed E-state index contributed by atoms with van der Waals surface area (Å²) < 4.78 is 3.96. The number of ketones is 1. The van der Waals surface area contributed by atoms with E-state index >= 15 is 0 Å². The molecule has 4 nitrogen and oxygen atoms in total. The maximum Gasteiger partial charge on any atom is 0.185 e. The van der Waals surface area contributed by atoms with Gasteiger partial charge in [-0.3, -0.25) is 9.78 Å². The molecule has 0 spiro atoms. The predicted molar refractivity (Wildman–Crippen MR) is 78.2 cm³/mol. The Morgan fingerprint density at radius 2 is 2.40 bits per heavy atom. The molecule has 1 unspecified atom stereocenters. The van der Waals surface area contributed by atoms with Gasteiger partial charge in [-0.2, -0.15) is 0 Å². The SMILES string of the molecule is CCCc1nnsc1C(=O)C1CCCc2cccnc21. The monoisotopic (exact) mass is 287 g/mol. The molecule has 0 saturated carbocycles. The van der Waals surface area contributed by atoms with Crippen molar-refractivity contribution >= 4 is 17.3 Å². The summed E-state index contributed by atoms with van der Waals surface area (Å²) in [6.45, 7) is 2.09. The van der Waals surface area contributed by atoms with E-state index in [0.717, 1.165) is 48.4 Å². The molecule has 1 aliphatic carbocycles. The number of fused-ring (bicyclic) bond motifs is 1. The molecular formula is C15H17N3OS. The first kappa shape index (κ1) is 13.4. The molecule has 2 heterocycles. The zero-order valence-corrected chi connectivity index (χ0v) is 12.3. The second-order valence-corrected chi connectivity index (χ2v) is 5.91. The molecule has 5 heteroatoms. The van der Waals surface area contributed by atoms with E-state index in [1.807, 2.05) is 6.07 Å². The van der Waals surface area contributed by atoms with Gasteiger partial charge < -0.3 is 0 Å². The van der Waals surface area contributed by atoms with E-state index in [1.165, 1.54) is 17.1 Å². The number of aromatic nitrogens is 3. The summed E-state index contributed by atoms with van der Waals surface area (Å²) in [6, 6.07) is 4.03. The number of pyridine rings is 1. The van der Waals surface area contributed by atoms with Crippen molar-refractivity contribution in [2.75, 3.05) is 0 Å². The van der Waals surface area contributed by atoms with Gasteiger partial charge in [-0.15, -0.1) is 5.10 Å². The van der Waals surface area contributed by atoms with Gasteiger partial charge in [0.15, 0.2) is 5.78 Å². The molecule has 0 amide bonds. The molecule has 0 bridgehead atoms. The van der Waals surface area contributed by atoms with Crippen molar-refractivity contribution in [1.29, 1.82) is 0 Å². The van der Waals surface area contributed by atoms with Crippen LogP contribution in [0, 0.1) is 0 Å². The van der Waals surface area contributed by atoms with Crippen LogP contribution in [-0.4, -0.2) is 20.4 Å². The molecule has 0 aromatic carbocycles. The zero-order chi connectivity index (χ0) is 13.9. The first-order valence-electron chi connectivity index (χ1n) is 7.10. The molecule has 0 radical (unpaired) electrons. The van der Waals surface area contributed by atoms with Crippen molar-refractivity contribution in [2.45, 2.75) is 44.9 Å². The van der Waals surface area contributed by atoms with Crippen molar-refractivity contribution in [1.82, 2.24) is 14.6 Å². The van der Waals surface area contributed by atoms with Crippen molar-refractivity contribution in [3.05, 3.63) is 40.2 Å². The summed E-state index contributed by atoms with van der Waals surface area (Å²) in [5.74, 6) is 0.0425. The minimum absolute atomic E-state index is 0.113. The maximum atomic E-state index is 12.8. The zero-order valence-electron chi connectivity index (χ0n) is 11.5. The van der Waals surface area contributed by atoms with Crippen LogP contribution in [0.4, 0.5) is 0 Å². The lowest BCUT2D eigenvalue weighted by atomic mass is 9.83. The fourth-order valence-electron chi connectivity index (χ4n) is 2.82. The van der Waals surface area contributed by atoms with Gasteiger partial charge >= 0.3 is 0 Å². The molecule has 0 N–H and O–H groups in total. The largest absolute Gasteiger partial charge is 0.292 e.